The first-order valence-corrected chi connectivity index (χ1v) is 13.5. The summed E-state index contributed by atoms with van der Waals surface area (Å²) in [5.74, 6) is 0.151. The lowest BCUT2D eigenvalue weighted by Gasteiger charge is -2.30. The molecule has 0 aliphatic carbocycles. The molecule has 0 aromatic heterocycles. The molecule has 1 amide bonds. The summed E-state index contributed by atoms with van der Waals surface area (Å²) in [4.78, 5) is 12.9. The van der Waals surface area contributed by atoms with E-state index in [9.17, 15) is 13.2 Å². The molecule has 3 aromatic carbocycles. The summed E-state index contributed by atoms with van der Waals surface area (Å²) in [5, 5.41) is 4.12. The molecule has 0 radical (unpaired) electrons. The predicted molar refractivity (Wildman–Crippen MR) is 139 cm³/mol. The van der Waals surface area contributed by atoms with Gasteiger partial charge in [-0.05, 0) is 54.8 Å². The molecule has 1 saturated heterocycles. The van der Waals surface area contributed by atoms with Crippen LogP contribution >= 0.6 is 15.9 Å². The van der Waals surface area contributed by atoms with E-state index in [1.165, 1.54) is 4.31 Å². The number of rotatable bonds is 8. The molecule has 7 nitrogen and oxygen atoms in total. The van der Waals surface area contributed by atoms with E-state index in [0.717, 1.165) is 15.6 Å². The molecular weight excluding hydrogens is 530 g/mol. The predicted octanol–water partition coefficient (Wildman–Crippen LogP) is 4.58. The van der Waals surface area contributed by atoms with Gasteiger partial charge >= 0.3 is 0 Å². The van der Waals surface area contributed by atoms with Gasteiger partial charge in [0.1, 0.15) is 12.4 Å². The molecule has 4 rings (SSSR count). The third-order valence-corrected chi connectivity index (χ3v) is 8.25. The SMILES string of the molecule is O=C(N/N=C\c1ccccc1OCc1ccccc1)C1CCN(S(=O)(=O)c2ccc(Br)cc2)CC1. The summed E-state index contributed by atoms with van der Waals surface area (Å²) in [7, 11) is -3.57. The maximum absolute atomic E-state index is 12.9. The quantitative estimate of drug-likeness (QED) is 0.325. The van der Waals surface area contributed by atoms with Crippen molar-refractivity contribution in [3.8, 4) is 5.75 Å². The van der Waals surface area contributed by atoms with E-state index in [-0.39, 0.29) is 29.8 Å². The molecule has 0 spiro atoms. The number of hydrogen-bond donors (Lipinski definition) is 1. The van der Waals surface area contributed by atoms with Crippen molar-refractivity contribution in [1.29, 1.82) is 0 Å². The Hall–Kier alpha value is -3.01. The van der Waals surface area contributed by atoms with Crippen molar-refractivity contribution in [2.75, 3.05) is 13.1 Å². The van der Waals surface area contributed by atoms with Crippen molar-refractivity contribution in [3.63, 3.8) is 0 Å². The molecule has 1 aliphatic heterocycles. The topological polar surface area (TPSA) is 88.1 Å². The fourth-order valence-electron chi connectivity index (χ4n) is 3.82. The number of sulfonamides is 1. The van der Waals surface area contributed by atoms with Crippen LogP contribution in [0.3, 0.4) is 0 Å². The summed E-state index contributed by atoms with van der Waals surface area (Å²) in [5.41, 5.74) is 4.40. The molecule has 0 saturated carbocycles. The standard InChI is InChI=1S/C26H26BrN3O4S/c27-23-10-12-24(13-11-23)35(32,33)30-16-14-21(15-17-30)26(31)29-28-18-22-8-4-5-9-25(22)34-19-20-6-2-1-3-7-20/h1-13,18,21H,14-17,19H2,(H,29,31)/b28-18-. The summed E-state index contributed by atoms with van der Waals surface area (Å²) < 4.78 is 33.9. The van der Waals surface area contributed by atoms with Crippen molar-refractivity contribution in [3.05, 3.63) is 94.5 Å². The molecular formula is C26H26BrN3O4S. The molecule has 0 unspecified atom stereocenters. The van der Waals surface area contributed by atoms with Crippen LogP contribution in [0.15, 0.2) is 93.3 Å². The average Bonchev–Trinajstić information content (AvgIpc) is 2.89. The van der Waals surface area contributed by atoms with Gasteiger partial charge in [-0.2, -0.15) is 9.41 Å². The fourth-order valence-corrected chi connectivity index (χ4v) is 5.56. The highest BCUT2D eigenvalue weighted by Gasteiger charge is 2.32. The van der Waals surface area contributed by atoms with Gasteiger partial charge in [0, 0.05) is 29.0 Å². The fraction of sp³-hybridized carbons (Fsp3) is 0.231. The largest absolute Gasteiger partial charge is 0.488 e. The number of amides is 1. The van der Waals surface area contributed by atoms with E-state index in [2.05, 4.69) is 26.5 Å². The minimum absolute atomic E-state index is 0.218. The van der Waals surface area contributed by atoms with Gasteiger partial charge in [0.15, 0.2) is 0 Å². The van der Waals surface area contributed by atoms with E-state index >= 15 is 0 Å². The zero-order chi connectivity index (χ0) is 24.7. The van der Waals surface area contributed by atoms with Gasteiger partial charge in [-0.15, -0.1) is 0 Å². The molecule has 9 heteroatoms. The molecule has 1 aliphatic rings. The Balaban J connectivity index is 1.30. The van der Waals surface area contributed by atoms with Crippen LogP contribution in [0.2, 0.25) is 0 Å². The number of benzene rings is 3. The first-order valence-electron chi connectivity index (χ1n) is 11.3. The van der Waals surface area contributed by atoms with Gasteiger partial charge in [0.25, 0.3) is 0 Å². The van der Waals surface area contributed by atoms with Crippen LogP contribution in [-0.2, 0) is 21.4 Å². The average molecular weight is 556 g/mol. The minimum Gasteiger partial charge on any atom is -0.488 e. The number of nitrogens with zero attached hydrogens (tertiary/aromatic N) is 2. The molecule has 1 N–H and O–H groups in total. The van der Waals surface area contributed by atoms with Crippen LogP contribution in [0.25, 0.3) is 0 Å². The third-order valence-electron chi connectivity index (χ3n) is 5.81. The van der Waals surface area contributed by atoms with E-state index in [4.69, 9.17) is 4.74 Å². The van der Waals surface area contributed by atoms with Gasteiger partial charge in [-0.3, -0.25) is 4.79 Å². The summed E-state index contributed by atoms with van der Waals surface area (Å²) >= 11 is 3.32. The Morgan fingerprint density at radius 2 is 1.66 bits per heavy atom. The van der Waals surface area contributed by atoms with Crippen LogP contribution in [0.4, 0.5) is 0 Å². The maximum Gasteiger partial charge on any atom is 0.243 e. The molecule has 0 bridgehead atoms. The Bertz CT molecular complexity index is 1270. The maximum atomic E-state index is 12.9. The Morgan fingerprint density at radius 3 is 2.37 bits per heavy atom. The van der Waals surface area contributed by atoms with Crippen molar-refractivity contribution in [1.82, 2.24) is 9.73 Å². The number of hydrogen-bond acceptors (Lipinski definition) is 5. The Morgan fingerprint density at radius 1 is 1.00 bits per heavy atom. The Labute approximate surface area is 214 Å². The monoisotopic (exact) mass is 555 g/mol. The number of piperidine rings is 1. The zero-order valence-corrected chi connectivity index (χ0v) is 21.4. The van der Waals surface area contributed by atoms with E-state index in [1.807, 2.05) is 54.6 Å². The van der Waals surface area contributed by atoms with Crippen LogP contribution in [0, 0.1) is 5.92 Å². The smallest absolute Gasteiger partial charge is 0.243 e. The van der Waals surface area contributed by atoms with Gasteiger partial charge in [0.05, 0.1) is 11.1 Å². The highest BCUT2D eigenvalue weighted by atomic mass is 79.9. The summed E-state index contributed by atoms with van der Waals surface area (Å²) in [6, 6.07) is 23.9. The van der Waals surface area contributed by atoms with Crippen LogP contribution < -0.4 is 10.2 Å². The normalized spacial score (nSPS) is 15.2. The first-order chi connectivity index (χ1) is 16.9. The van der Waals surface area contributed by atoms with Crippen LogP contribution in [-0.4, -0.2) is 37.9 Å². The van der Waals surface area contributed by atoms with E-state index < -0.39 is 10.0 Å². The van der Waals surface area contributed by atoms with Crippen LogP contribution in [0.1, 0.15) is 24.0 Å². The van der Waals surface area contributed by atoms with Crippen molar-refractivity contribution in [2.45, 2.75) is 24.3 Å². The lowest BCUT2D eigenvalue weighted by atomic mass is 9.98. The zero-order valence-electron chi connectivity index (χ0n) is 19.0. The van der Waals surface area contributed by atoms with Gasteiger partial charge in [0.2, 0.25) is 15.9 Å². The van der Waals surface area contributed by atoms with Gasteiger partial charge in [-0.1, -0.05) is 58.4 Å². The lowest BCUT2D eigenvalue weighted by Crippen LogP contribution is -2.42. The van der Waals surface area contributed by atoms with Gasteiger partial charge < -0.3 is 4.74 Å². The molecule has 182 valence electrons. The van der Waals surface area contributed by atoms with Crippen molar-refractivity contribution < 1.29 is 17.9 Å². The first kappa shape index (κ1) is 25.1. The number of carbonyl (C=O) groups excluding carboxylic acids is 1. The number of halogens is 1. The van der Waals surface area contributed by atoms with Crippen molar-refractivity contribution in [2.24, 2.45) is 11.0 Å². The third kappa shape index (κ3) is 6.56. The number of hydrazone groups is 1. The molecule has 35 heavy (non-hydrogen) atoms. The molecule has 1 fully saturated rings. The van der Waals surface area contributed by atoms with Crippen molar-refractivity contribution >= 4 is 38.1 Å². The number of para-hydroxylation sites is 1. The Kier molecular flexibility index (Phi) is 8.33. The second kappa shape index (κ2) is 11.6. The molecule has 0 atom stereocenters. The number of ether oxygens (including phenoxy) is 1. The number of nitrogens with one attached hydrogen (secondary N) is 1. The second-order valence-corrected chi connectivity index (χ2v) is 11.0. The van der Waals surface area contributed by atoms with Crippen LogP contribution in [0.5, 0.6) is 5.75 Å². The molecule has 3 aromatic rings. The highest BCUT2D eigenvalue weighted by molar-refractivity contribution is 9.10. The summed E-state index contributed by atoms with van der Waals surface area (Å²) in [6.45, 7) is 1.01. The minimum atomic E-state index is -3.57. The highest BCUT2D eigenvalue weighted by Crippen LogP contribution is 2.25. The van der Waals surface area contributed by atoms with E-state index in [1.54, 1.807) is 30.5 Å². The second-order valence-electron chi connectivity index (χ2n) is 8.18. The summed E-state index contributed by atoms with van der Waals surface area (Å²) in [6.07, 6.45) is 2.44. The lowest BCUT2D eigenvalue weighted by molar-refractivity contribution is -0.126. The van der Waals surface area contributed by atoms with E-state index in [0.29, 0.717) is 25.2 Å². The molecule has 1 heterocycles. The van der Waals surface area contributed by atoms with Gasteiger partial charge in [-0.25, -0.2) is 13.8 Å². The number of carbonyl (C=O) groups is 1.